The van der Waals surface area contributed by atoms with Crippen LogP contribution in [0.1, 0.15) is 0 Å². The van der Waals surface area contributed by atoms with Crippen LogP contribution in [0.25, 0.3) is 0 Å². The van der Waals surface area contributed by atoms with E-state index >= 15 is 0 Å². The van der Waals surface area contributed by atoms with Gasteiger partial charge >= 0.3 is 0 Å². The van der Waals surface area contributed by atoms with Crippen molar-refractivity contribution < 1.29 is 4.74 Å². The maximum atomic E-state index is 5.46. The third-order valence-corrected chi connectivity index (χ3v) is 2.00. The number of hydrogen-bond donors (Lipinski definition) is 1. The fourth-order valence-electron chi connectivity index (χ4n) is 0.771. The summed E-state index contributed by atoms with van der Waals surface area (Å²) in [5.74, 6) is 1.33. The zero-order chi connectivity index (χ0) is 8.81. The van der Waals surface area contributed by atoms with Crippen LogP contribution >= 0.6 is 23.5 Å². The summed E-state index contributed by atoms with van der Waals surface area (Å²) >= 11 is 6.68. The van der Waals surface area contributed by atoms with Crippen LogP contribution in [-0.4, -0.2) is 12.5 Å². The van der Waals surface area contributed by atoms with Gasteiger partial charge in [0.1, 0.15) is 12.4 Å². The van der Waals surface area contributed by atoms with Gasteiger partial charge in [0.25, 0.3) is 0 Å². The molecule has 4 heteroatoms. The molecule has 0 aliphatic rings. The number of hydrogen-bond acceptors (Lipinski definition) is 3. The quantitative estimate of drug-likeness (QED) is 0.603. The summed E-state index contributed by atoms with van der Waals surface area (Å²) in [7, 11) is 0. The topological polar surface area (TPSA) is 35.2 Å². The number of alkyl halides is 1. The first-order valence-electron chi connectivity index (χ1n) is 3.52. The molecule has 0 heterocycles. The SMILES string of the molecule is NSc1ccc(OCCCl)cc1. The van der Waals surface area contributed by atoms with Gasteiger partial charge < -0.3 is 4.74 Å². The largest absolute Gasteiger partial charge is 0.492 e. The number of benzene rings is 1. The molecule has 0 fully saturated rings. The molecule has 0 radical (unpaired) electrons. The maximum absolute atomic E-state index is 5.46. The van der Waals surface area contributed by atoms with E-state index in [4.69, 9.17) is 21.5 Å². The molecule has 1 aromatic carbocycles. The van der Waals surface area contributed by atoms with Crippen molar-refractivity contribution in [2.24, 2.45) is 5.14 Å². The Kier molecular flexibility index (Phi) is 4.29. The number of ether oxygens (including phenoxy) is 1. The van der Waals surface area contributed by atoms with Gasteiger partial charge in [-0.1, -0.05) is 0 Å². The number of halogens is 1. The summed E-state index contributed by atoms with van der Waals surface area (Å²) in [6.07, 6.45) is 0. The minimum Gasteiger partial charge on any atom is -0.492 e. The monoisotopic (exact) mass is 203 g/mol. The Morgan fingerprint density at radius 2 is 2.00 bits per heavy atom. The lowest BCUT2D eigenvalue weighted by atomic mass is 10.3. The summed E-state index contributed by atoms with van der Waals surface area (Å²) in [5, 5.41) is 5.35. The normalized spacial score (nSPS) is 9.83. The predicted octanol–water partition coefficient (Wildman–Crippen LogP) is 2.27. The lowest BCUT2D eigenvalue weighted by Crippen LogP contribution is -1.97. The Labute approximate surface area is 81.2 Å². The molecule has 0 aliphatic carbocycles. The van der Waals surface area contributed by atoms with Gasteiger partial charge in [-0.25, -0.2) is 0 Å². The van der Waals surface area contributed by atoms with Crippen molar-refractivity contribution >= 4 is 23.5 Å². The van der Waals surface area contributed by atoms with Crippen molar-refractivity contribution in [1.29, 1.82) is 0 Å². The lowest BCUT2D eigenvalue weighted by Gasteiger charge is -2.03. The van der Waals surface area contributed by atoms with Gasteiger partial charge in [-0.3, -0.25) is 5.14 Å². The molecule has 0 bridgehead atoms. The standard InChI is InChI=1S/C8H10ClNOS/c9-5-6-11-7-1-3-8(12-10)4-2-7/h1-4H,5-6,10H2. The molecule has 66 valence electrons. The second-order valence-electron chi connectivity index (χ2n) is 2.13. The van der Waals surface area contributed by atoms with Gasteiger partial charge in [-0.15, -0.1) is 11.6 Å². The van der Waals surface area contributed by atoms with E-state index in [1.807, 2.05) is 24.3 Å². The van der Waals surface area contributed by atoms with Crippen LogP contribution < -0.4 is 9.88 Å². The predicted molar refractivity (Wildman–Crippen MR) is 52.7 cm³/mol. The van der Waals surface area contributed by atoms with E-state index in [-0.39, 0.29) is 0 Å². The summed E-state index contributed by atoms with van der Waals surface area (Å²) in [5.41, 5.74) is 0. The molecule has 1 rings (SSSR count). The van der Waals surface area contributed by atoms with Gasteiger partial charge in [0, 0.05) is 4.90 Å². The van der Waals surface area contributed by atoms with Gasteiger partial charge in [0.15, 0.2) is 0 Å². The van der Waals surface area contributed by atoms with E-state index < -0.39 is 0 Å². The van der Waals surface area contributed by atoms with Crippen LogP contribution in [0, 0.1) is 0 Å². The van der Waals surface area contributed by atoms with E-state index in [2.05, 4.69) is 0 Å². The Morgan fingerprint density at radius 3 is 2.50 bits per heavy atom. The van der Waals surface area contributed by atoms with Crippen molar-refractivity contribution in [2.75, 3.05) is 12.5 Å². The van der Waals surface area contributed by atoms with E-state index in [1.54, 1.807) is 0 Å². The molecular weight excluding hydrogens is 194 g/mol. The molecular formula is C8H10ClNOS. The first-order valence-corrected chi connectivity index (χ1v) is 4.94. The second kappa shape index (κ2) is 5.30. The van der Waals surface area contributed by atoms with E-state index in [9.17, 15) is 0 Å². The Balaban J connectivity index is 2.53. The molecule has 0 spiro atoms. The van der Waals surface area contributed by atoms with Gasteiger partial charge in [-0.05, 0) is 36.2 Å². The highest BCUT2D eigenvalue weighted by atomic mass is 35.5. The van der Waals surface area contributed by atoms with Crippen LogP contribution in [0.5, 0.6) is 5.75 Å². The lowest BCUT2D eigenvalue weighted by molar-refractivity contribution is 0.342. The average molecular weight is 204 g/mol. The maximum Gasteiger partial charge on any atom is 0.119 e. The van der Waals surface area contributed by atoms with Crippen LogP contribution in [-0.2, 0) is 0 Å². The summed E-state index contributed by atoms with van der Waals surface area (Å²) in [4.78, 5) is 1.02. The molecule has 0 aliphatic heterocycles. The van der Waals surface area contributed by atoms with Crippen LogP contribution in [0.2, 0.25) is 0 Å². The average Bonchev–Trinajstić information content (AvgIpc) is 2.15. The third kappa shape index (κ3) is 2.93. The third-order valence-electron chi connectivity index (χ3n) is 1.31. The van der Waals surface area contributed by atoms with Gasteiger partial charge in [0.2, 0.25) is 0 Å². The molecule has 0 saturated heterocycles. The highest BCUT2D eigenvalue weighted by Crippen LogP contribution is 2.17. The molecule has 0 atom stereocenters. The van der Waals surface area contributed by atoms with Crippen molar-refractivity contribution in [3.8, 4) is 5.75 Å². The summed E-state index contributed by atoms with van der Waals surface area (Å²) in [6, 6.07) is 7.58. The molecule has 2 N–H and O–H groups in total. The van der Waals surface area contributed by atoms with Crippen molar-refractivity contribution in [3.63, 3.8) is 0 Å². The Morgan fingerprint density at radius 1 is 1.33 bits per heavy atom. The first kappa shape index (κ1) is 9.71. The molecule has 1 aromatic rings. The van der Waals surface area contributed by atoms with Crippen LogP contribution in [0.15, 0.2) is 29.2 Å². The molecule has 2 nitrogen and oxygen atoms in total. The molecule has 12 heavy (non-hydrogen) atoms. The highest BCUT2D eigenvalue weighted by Gasteiger charge is 1.93. The van der Waals surface area contributed by atoms with Gasteiger partial charge in [0.05, 0.1) is 5.88 Å². The number of rotatable bonds is 4. The molecule has 0 unspecified atom stereocenters. The van der Waals surface area contributed by atoms with E-state index in [0.29, 0.717) is 12.5 Å². The van der Waals surface area contributed by atoms with Crippen molar-refractivity contribution in [3.05, 3.63) is 24.3 Å². The summed E-state index contributed by atoms with van der Waals surface area (Å²) < 4.78 is 5.27. The fraction of sp³-hybridized carbons (Fsp3) is 0.250. The zero-order valence-corrected chi connectivity index (χ0v) is 8.07. The van der Waals surface area contributed by atoms with Crippen molar-refractivity contribution in [1.82, 2.24) is 0 Å². The Hall–Kier alpha value is -0.380. The minimum atomic E-state index is 0.507. The van der Waals surface area contributed by atoms with Crippen LogP contribution in [0.3, 0.4) is 0 Å². The first-order chi connectivity index (χ1) is 5.86. The van der Waals surface area contributed by atoms with Crippen LogP contribution in [0.4, 0.5) is 0 Å². The van der Waals surface area contributed by atoms with Gasteiger partial charge in [-0.2, -0.15) is 0 Å². The number of nitrogens with two attached hydrogens (primary N) is 1. The van der Waals surface area contributed by atoms with E-state index in [0.717, 1.165) is 10.6 Å². The zero-order valence-electron chi connectivity index (χ0n) is 6.50. The smallest absolute Gasteiger partial charge is 0.119 e. The highest BCUT2D eigenvalue weighted by molar-refractivity contribution is 7.97. The minimum absolute atomic E-state index is 0.507. The van der Waals surface area contributed by atoms with Crippen molar-refractivity contribution in [2.45, 2.75) is 4.90 Å². The fourth-order valence-corrected chi connectivity index (χ4v) is 1.14. The molecule has 0 saturated carbocycles. The second-order valence-corrected chi connectivity index (χ2v) is 3.21. The van der Waals surface area contributed by atoms with E-state index in [1.165, 1.54) is 11.9 Å². The molecule has 0 amide bonds. The molecule has 0 aromatic heterocycles. The summed E-state index contributed by atoms with van der Waals surface area (Å²) in [6.45, 7) is 0.538. The Bertz CT molecular complexity index is 227.